The second-order valence-electron chi connectivity index (χ2n) is 7.99. The summed E-state index contributed by atoms with van der Waals surface area (Å²) < 4.78 is 12.6. The number of thiophene rings is 2. The van der Waals surface area contributed by atoms with Crippen molar-refractivity contribution in [3.05, 3.63) is 44.8 Å². The molecule has 28 heavy (non-hydrogen) atoms. The zero-order valence-electron chi connectivity index (χ0n) is 15.6. The Bertz CT molecular complexity index is 771. The van der Waals surface area contributed by atoms with Crippen LogP contribution in [-0.4, -0.2) is 65.5 Å². The largest absolute Gasteiger partial charge is 1.00 e. The van der Waals surface area contributed by atoms with Crippen molar-refractivity contribution >= 4 is 28.6 Å². The Morgan fingerprint density at radius 1 is 1.14 bits per heavy atom. The summed E-state index contributed by atoms with van der Waals surface area (Å²) in [5.74, 6) is -0.561. The average Bonchev–Trinajstić information content (AvgIpc) is 2.98. The normalized spacial score (nSPS) is 31.9. The maximum Gasteiger partial charge on any atom is 0.349 e. The number of halogens is 1. The first-order chi connectivity index (χ1) is 12.4. The molecule has 3 saturated heterocycles. The Labute approximate surface area is 182 Å². The number of hydrogen-bond donors (Lipinski definition) is 1. The summed E-state index contributed by atoms with van der Waals surface area (Å²) in [5.41, 5.74) is -1.72. The molecule has 0 radical (unpaired) electrons. The molecule has 2 aromatic heterocycles. The van der Waals surface area contributed by atoms with E-state index in [2.05, 4.69) is 14.1 Å². The Balaban J connectivity index is 0.00000112. The number of fused-ring (bicyclic) bond motifs is 5. The number of aliphatic hydroxyl groups is 1. The van der Waals surface area contributed by atoms with Gasteiger partial charge in [-0.05, 0) is 22.9 Å². The summed E-state index contributed by atoms with van der Waals surface area (Å²) in [4.78, 5) is 14.3. The van der Waals surface area contributed by atoms with Crippen molar-refractivity contribution in [3.63, 3.8) is 0 Å². The first kappa shape index (κ1) is 21.9. The van der Waals surface area contributed by atoms with Gasteiger partial charge in [0.05, 0.1) is 23.8 Å². The van der Waals surface area contributed by atoms with Crippen LogP contribution in [0.25, 0.3) is 0 Å². The number of ether oxygens (including phenoxy) is 2. The van der Waals surface area contributed by atoms with E-state index in [1.807, 2.05) is 22.9 Å². The molecule has 3 aliphatic rings. The number of esters is 1. The molecular weight excluding hydrogens is 466 g/mol. The lowest BCUT2D eigenvalue weighted by molar-refractivity contribution is -0.938. The van der Waals surface area contributed by atoms with Gasteiger partial charge < -0.3 is 41.5 Å². The van der Waals surface area contributed by atoms with Gasteiger partial charge >= 0.3 is 5.97 Å². The minimum absolute atomic E-state index is 0. The maximum absolute atomic E-state index is 13.1. The summed E-state index contributed by atoms with van der Waals surface area (Å²) >= 11 is 2.74. The molecule has 5 heterocycles. The van der Waals surface area contributed by atoms with Gasteiger partial charge in [0, 0.05) is 12.8 Å². The number of carbonyl (C=O) groups is 1. The zero-order chi connectivity index (χ0) is 18.1. The van der Waals surface area contributed by atoms with Gasteiger partial charge in [-0.15, -0.1) is 22.7 Å². The van der Waals surface area contributed by atoms with E-state index >= 15 is 0 Å². The van der Waals surface area contributed by atoms with Crippen LogP contribution >= 0.6 is 22.7 Å². The maximum atomic E-state index is 13.1. The molecule has 0 saturated carbocycles. The van der Waals surface area contributed by atoms with Gasteiger partial charge in [0.25, 0.3) is 0 Å². The molecule has 5 atom stereocenters. The van der Waals surface area contributed by atoms with Crippen LogP contribution in [-0.2, 0) is 19.9 Å². The van der Waals surface area contributed by atoms with E-state index in [0.717, 1.165) is 17.3 Å². The molecule has 6 nitrogen and oxygen atoms in total. The lowest BCUT2D eigenvalue weighted by Gasteiger charge is -2.45. The fourth-order valence-corrected chi connectivity index (χ4v) is 6.54. The number of rotatable bonds is 4. The molecule has 2 aromatic rings. The highest BCUT2D eigenvalue weighted by molar-refractivity contribution is 7.12. The summed E-state index contributed by atoms with van der Waals surface area (Å²) in [6.45, 7) is 0. The molecule has 0 amide bonds. The smallest absolute Gasteiger partial charge is 0.349 e. The number of piperidine rings is 1. The molecule has 0 aromatic carbocycles. The summed E-state index contributed by atoms with van der Waals surface area (Å²) in [6, 6.07) is 8.01. The Morgan fingerprint density at radius 2 is 1.64 bits per heavy atom. The number of nitrogens with zero attached hydrogens (tertiary/aromatic N) is 1. The van der Waals surface area contributed by atoms with Gasteiger partial charge in [0.1, 0.15) is 30.4 Å². The average molecular weight is 490 g/mol. The van der Waals surface area contributed by atoms with Crippen LogP contribution in [0.2, 0.25) is 0 Å². The van der Waals surface area contributed by atoms with E-state index in [0.29, 0.717) is 34.0 Å². The summed E-state index contributed by atoms with van der Waals surface area (Å²) in [7, 11) is 4.49. The van der Waals surface area contributed by atoms with Gasteiger partial charge in [0.15, 0.2) is 0 Å². The molecule has 0 spiro atoms. The topological polar surface area (TPSA) is 90.6 Å². The van der Waals surface area contributed by atoms with Crippen LogP contribution in [0.4, 0.5) is 0 Å². The van der Waals surface area contributed by atoms with Crippen molar-refractivity contribution in [3.8, 4) is 0 Å². The second kappa shape index (κ2) is 7.46. The highest BCUT2D eigenvalue weighted by Gasteiger charge is 2.71. The van der Waals surface area contributed by atoms with Crippen LogP contribution in [0.3, 0.4) is 0 Å². The summed E-state index contributed by atoms with van der Waals surface area (Å²) in [5, 5.41) is 15.1. The third-order valence-electron chi connectivity index (χ3n) is 6.36. The standard InChI is InChI=1S/C19H22NO4S2.BrH.H2O/c1-20(2)12-9-11(10-13(20)17-16(12)24-17)23-18(21)19(22,14-5-3-7-25-14)15-6-4-8-26-15;;/h3-8,11-13,16-17,22H,9-10H2,1-2H3;1H;1H2/q+1;;/p-1/t11?,12-,13+,16?,17?;;. The van der Waals surface area contributed by atoms with Crippen LogP contribution in [0.15, 0.2) is 35.0 Å². The molecular formula is C19H24BrNO5S2. The predicted octanol–water partition coefficient (Wildman–Crippen LogP) is -1.47. The number of likely N-dealkylation sites (N-methyl/N-ethyl adjacent to an activating group) is 1. The van der Waals surface area contributed by atoms with Crippen LogP contribution in [0.5, 0.6) is 0 Å². The van der Waals surface area contributed by atoms with Gasteiger partial charge in [-0.2, -0.15) is 0 Å². The van der Waals surface area contributed by atoms with E-state index in [1.165, 1.54) is 22.7 Å². The van der Waals surface area contributed by atoms with Gasteiger partial charge in [0.2, 0.25) is 5.60 Å². The third-order valence-corrected chi connectivity index (χ3v) is 8.32. The van der Waals surface area contributed by atoms with Crippen molar-refractivity contribution in [1.29, 1.82) is 0 Å². The lowest BCUT2D eigenvalue weighted by Crippen LogP contribution is -3.00. The van der Waals surface area contributed by atoms with Crippen molar-refractivity contribution in [1.82, 2.24) is 0 Å². The molecule has 154 valence electrons. The van der Waals surface area contributed by atoms with E-state index < -0.39 is 11.6 Å². The van der Waals surface area contributed by atoms with E-state index in [-0.39, 0.29) is 28.6 Å². The number of carbonyl (C=O) groups excluding carboxylic acids is 1. The van der Waals surface area contributed by atoms with Crippen LogP contribution < -0.4 is 17.0 Å². The van der Waals surface area contributed by atoms with Crippen LogP contribution in [0.1, 0.15) is 22.6 Å². The highest BCUT2D eigenvalue weighted by atomic mass is 79.9. The van der Waals surface area contributed by atoms with Crippen molar-refractivity contribution in [2.45, 2.75) is 48.8 Å². The Hall–Kier alpha value is -0.810. The fourth-order valence-electron chi connectivity index (χ4n) is 4.83. The van der Waals surface area contributed by atoms with E-state index in [9.17, 15) is 9.90 Å². The molecule has 5 rings (SSSR count). The minimum atomic E-state index is -1.72. The number of epoxide rings is 1. The molecule has 3 N–H and O–H groups in total. The third kappa shape index (κ3) is 3.08. The fraction of sp³-hybridized carbons (Fsp3) is 0.526. The SMILES string of the molecule is C[N+]1(C)[C@@H]2CC(OC(=O)C(O)(c3cccs3)c3cccs3)C[C@H]1C1OC12.O.[Br-]. The quantitative estimate of drug-likeness (QED) is 0.322. The monoisotopic (exact) mass is 489 g/mol. The first-order valence-corrected chi connectivity index (χ1v) is 10.7. The van der Waals surface area contributed by atoms with Gasteiger partial charge in [-0.1, -0.05) is 12.1 Å². The zero-order valence-corrected chi connectivity index (χ0v) is 18.8. The van der Waals surface area contributed by atoms with Gasteiger partial charge in [-0.25, -0.2) is 4.79 Å². The van der Waals surface area contributed by atoms with E-state index in [4.69, 9.17) is 9.47 Å². The second-order valence-corrected chi connectivity index (χ2v) is 9.89. The van der Waals surface area contributed by atoms with Crippen LogP contribution in [0, 0.1) is 0 Å². The Kier molecular flexibility index (Phi) is 5.83. The van der Waals surface area contributed by atoms with Crippen molar-refractivity contribution < 1.29 is 46.3 Å². The number of quaternary nitrogens is 1. The number of hydrogen-bond acceptors (Lipinski definition) is 6. The molecule has 0 aliphatic carbocycles. The molecule has 3 unspecified atom stereocenters. The molecule has 3 aliphatic heterocycles. The molecule has 3 fully saturated rings. The number of morpholine rings is 1. The lowest BCUT2D eigenvalue weighted by atomic mass is 9.95. The molecule has 9 heteroatoms. The minimum Gasteiger partial charge on any atom is -1.00 e. The van der Waals surface area contributed by atoms with Crippen molar-refractivity contribution in [2.75, 3.05) is 14.1 Å². The molecule has 2 bridgehead atoms. The summed E-state index contributed by atoms with van der Waals surface area (Å²) in [6.07, 6.45) is 2.05. The Morgan fingerprint density at radius 3 is 2.07 bits per heavy atom. The first-order valence-electron chi connectivity index (χ1n) is 8.92. The highest BCUT2D eigenvalue weighted by Crippen LogP contribution is 2.52. The van der Waals surface area contributed by atoms with E-state index in [1.54, 1.807) is 12.1 Å². The van der Waals surface area contributed by atoms with Crippen molar-refractivity contribution in [2.24, 2.45) is 0 Å². The van der Waals surface area contributed by atoms with Gasteiger partial charge in [-0.3, -0.25) is 0 Å². The predicted molar refractivity (Wildman–Crippen MR) is 103 cm³/mol.